The number of nitrogens with zero attached hydrogens (tertiary/aromatic N) is 2. The molecule has 3 aromatic rings. The molecule has 2 heterocycles. The maximum atomic E-state index is 12.3. The van der Waals surface area contributed by atoms with Gasteiger partial charge in [-0.25, -0.2) is 0 Å². The van der Waals surface area contributed by atoms with Crippen LogP contribution >= 0.6 is 11.6 Å². The molecule has 0 spiro atoms. The van der Waals surface area contributed by atoms with Crippen molar-refractivity contribution in [2.24, 2.45) is 0 Å². The molecule has 0 unspecified atom stereocenters. The van der Waals surface area contributed by atoms with E-state index in [-0.39, 0.29) is 28.8 Å². The molecule has 8 nitrogen and oxygen atoms in total. The van der Waals surface area contributed by atoms with Crippen LogP contribution in [0.5, 0.6) is 11.5 Å². The summed E-state index contributed by atoms with van der Waals surface area (Å²) in [5.41, 5.74) is 2.15. The van der Waals surface area contributed by atoms with Gasteiger partial charge in [-0.15, -0.1) is 0 Å². The third-order valence-electron chi connectivity index (χ3n) is 4.11. The van der Waals surface area contributed by atoms with Crippen molar-refractivity contribution in [2.45, 2.75) is 0 Å². The highest BCUT2D eigenvalue weighted by molar-refractivity contribution is 6.33. The van der Waals surface area contributed by atoms with Crippen LogP contribution in [0.2, 0.25) is 5.02 Å². The Morgan fingerprint density at radius 2 is 2.00 bits per heavy atom. The maximum absolute atomic E-state index is 12.3. The lowest BCUT2D eigenvalue weighted by Crippen LogP contribution is -1.96. The number of allylic oxidation sites excluding steroid dienone is 1. The summed E-state index contributed by atoms with van der Waals surface area (Å²) in [5.74, 6) is 1.01. The predicted octanol–water partition coefficient (Wildman–Crippen LogP) is 4.26. The third-order valence-corrected chi connectivity index (χ3v) is 4.41. The summed E-state index contributed by atoms with van der Waals surface area (Å²) >= 11 is 5.84. The van der Waals surface area contributed by atoms with Crippen LogP contribution in [0.4, 0.5) is 5.69 Å². The first-order valence-corrected chi connectivity index (χ1v) is 8.51. The Kier molecular flexibility index (Phi) is 4.54. The third kappa shape index (κ3) is 3.45. The van der Waals surface area contributed by atoms with Gasteiger partial charge in [-0.3, -0.25) is 20.0 Å². The zero-order valence-corrected chi connectivity index (χ0v) is 15.0. The molecule has 0 radical (unpaired) electrons. The topological polar surface area (TPSA) is 107 Å². The lowest BCUT2D eigenvalue weighted by Gasteiger charge is -1.99. The molecule has 0 bridgehead atoms. The van der Waals surface area contributed by atoms with Crippen LogP contribution in [0.15, 0.2) is 48.5 Å². The van der Waals surface area contributed by atoms with Crippen molar-refractivity contribution in [3.63, 3.8) is 0 Å². The number of aromatic nitrogens is 2. The van der Waals surface area contributed by atoms with Crippen LogP contribution in [0.25, 0.3) is 17.3 Å². The number of carbonyl (C=O) groups excluding carboxylic acids is 1. The van der Waals surface area contributed by atoms with E-state index < -0.39 is 4.92 Å². The molecule has 1 aliphatic rings. The number of ketones is 1. The summed E-state index contributed by atoms with van der Waals surface area (Å²) < 4.78 is 10.6. The quantitative estimate of drug-likeness (QED) is 0.298. The SMILES string of the molecule is O=C(/C=C/c1cc(-c2ccc3c(c2)OCO3)n[nH]1)c1ccc([N+](=O)[O-])c(Cl)c1. The molecule has 9 heteroatoms. The van der Waals surface area contributed by atoms with Gasteiger partial charge >= 0.3 is 0 Å². The number of H-pyrrole nitrogens is 1. The summed E-state index contributed by atoms with van der Waals surface area (Å²) in [6, 6.07) is 11.1. The van der Waals surface area contributed by atoms with Gasteiger partial charge in [-0.2, -0.15) is 5.10 Å². The summed E-state index contributed by atoms with van der Waals surface area (Å²) in [4.78, 5) is 22.5. The van der Waals surface area contributed by atoms with Crippen LogP contribution in [-0.2, 0) is 0 Å². The molecule has 0 amide bonds. The van der Waals surface area contributed by atoms with Gasteiger partial charge in [-0.1, -0.05) is 11.6 Å². The summed E-state index contributed by atoms with van der Waals surface area (Å²) in [7, 11) is 0. The van der Waals surface area contributed by atoms with Crippen LogP contribution in [-0.4, -0.2) is 27.7 Å². The fourth-order valence-electron chi connectivity index (χ4n) is 2.70. The molecular weight excluding hydrogens is 386 g/mol. The number of carbonyl (C=O) groups is 1. The molecule has 140 valence electrons. The maximum Gasteiger partial charge on any atom is 0.287 e. The Balaban J connectivity index is 1.50. The number of benzene rings is 2. The van der Waals surface area contributed by atoms with E-state index in [1.54, 1.807) is 12.1 Å². The van der Waals surface area contributed by atoms with Gasteiger partial charge in [-0.05, 0) is 48.6 Å². The number of rotatable bonds is 5. The van der Waals surface area contributed by atoms with Crippen molar-refractivity contribution in [1.82, 2.24) is 10.2 Å². The zero-order valence-electron chi connectivity index (χ0n) is 14.2. The average Bonchev–Trinajstić information content (AvgIpc) is 3.34. The Hall–Kier alpha value is -3.65. The number of aromatic amines is 1. The minimum Gasteiger partial charge on any atom is -0.454 e. The second-order valence-electron chi connectivity index (χ2n) is 5.90. The minimum atomic E-state index is -0.602. The molecule has 28 heavy (non-hydrogen) atoms. The van der Waals surface area contributed by atoms with Crippen molar-refractivity contribution < 1.29 is 19.2 Å². The minimum absolute atomic E-state index is 0.0871. The molecule has 0 aliphatic carbocycles. The van der Waals surface area contributed by atoms with Crippen molar-refractivity contribution in [2.75, 3.05) is 6.79 Å². The van der Waals surface area contributed by atoms with Crippen LogP contribution in [0.1, 0.15) is 16.1 Å². The van der Waals surface area contributed by atoms with E-state index >= 15 is 0 Å². The van der Waals surface area contributed by atoms with Crippen molar-refractivity contribution in [3.05, 3.63) is 74.9 Å². The van der Waals surface area contributed by atoms with E-state index in [4.69, 9.17) is 21.1 Å². The Labute approximate surface area is 163 Å². The van der Waals surface area contributed by atoms with Gasteiger partial charge in [0, 0.05) is 17.2 Å². The Morgan fingerprint density at radius 1 is 1.18 bits per heavy atom. The molecule has 1 aliphatic heterocycles. The van der Waals surface area contributed by atoms with E-state index in [1.165, 1.54) is 24.3 Å². The van der Waals surface area contributed by atoms with Gasteiger partial charge < -0.3 is 9.47 Å². The van der Waals surface area contributed by atoms with Crippen LogP contribution < -0.4 is 9.47 Å². The van der Waals surface area contributed by atoms with Crippen molar-refractivity contribution in [1.29, 1.82) is 0 Å². The molecular formula is C19H12ClN3O5. The highest BCUT2D eigenvalue weighted by Crippen LogP contribution is 2.35. The number of nitro benzene ring substituents is 1. The van der Waals surface area contributed by atoms with Crippen LogP contribution in [0, 0.1) is 10.1 Å². The molecule has 0 saturated heterocycles. The van der Waals surface area contributed by atoms with Crippen molar-refractivity contribution >= 4 is 29.1 Å². The number of halogens is 1. The van der Waals surface area contributed by atoms with E-state index in [9.17, 15) is 14.9 Å². The number of nitro groups is 1. The predicted molar refractivity (Wildman–Crippen MR) is 102 cm³/mol. The van der Waals surface area contributed by atoms with Gasteiger partial charge in [0.1, 0.15) is 5.02 Å². The van der Waals surface area contributed by atoms with E-state index in [0.717, 1.165) is 5.56 Å². The average molecular weight is 398 g/mol. The van der Waals surface area contributed by atoms with Crippen LogP contribution in [0.3, 0.4) is 0 Å². The fraction of sp³-hybridized carbons (Fsp3) is 0.0526. The number of hydrogen-bond acceptors (Lipinski definition) is 6. The first-order valence-electron chi connectivity index (χ1n) is 8.13. The molecule has 4 rings (SSSR count). The summed E-state index contributed by atoms with van der Waals surface area (Å²) in [6.07, 6.45) is 2.91. The molecule has 1 N–H and O–H groups in total. The standard InChI is InChI=1S/C19H12ClN3O5/c20-14-7-12(1-4-16(14)23(25)26)17(24)5-3-13-9-15(22-21-13)11-2-6-18-19(8-11)28-10-27-18/h1-9H,10H2,(H,21,22)/b5-3+. The molecule has 2 aromatic carbocycles. The Morgan fingerprint density at radius 3 is 2.79 bits per heavy atom. The summed E-state index contributed by atoms with van der Waals surface area (Å²) in [5, 5.41) is 17.8. The first kappa shape index (κ1) is 17.7. The number of hydrogen-bond donors (Lipinski definition) is 1. The van der Waals surface area contributed by atoms with Gasteiger partial charge in [0.15, 0.2) is 17.3 Å². The first-order chi connectivity index (χ1) is 13.5. The van der Waals surface area contributed by atoms with E-state index in [2.05, 4.69) is 10.2 Å². The monoisotopic (exact) mass is 397 g/mol. The largest absolute Gasteiger partial charge is 0.454 e. The van der Waals surface area contributed by atoms with Gasteiger partial charge in [0.05, 0.1) is 16.3 Å². The molecule has 0 fully saturated rings. The molecule has 1 aromatic heterocycles. The van der Waals surface area contributed by atoms with Gasteiger partial charge in [0.25, 0.3) is 5.69 Å². The fourth-order valence-corrected chi connectivity index (χ4v) is 2.95. The number of ether oxygens (including phenoxy) is 2. The van der Waals surface area contributed by atoms with E-state index in [0.29, 0.717) is 22.9 Å². The highest BCUT2D eigenvalue weighted by Gasteiger charge is 2.16. The normalized spacial score (nSPS) is 12.5. The second kappa shape index (κ2) is 7.16. The second-order valence-corrected chi connectivity index (χ2v) is 6.30. The molecule has 0 saturated carbocycles. The zero-order chi connectivity index (χ0) is 19.7. The van der Waals surface area contributed by atoms with E-state index in [1.807, 2.05) is 18.2 Å². The molecule has 0 atom stereocenters. The highest BCUT2D eigenvalue weighted by atomic mass is 35.5. The number of nitrogens with one attached hydrogen (secondary N) is 1. The van der Waals surface area contributed by atoms with Gasteiger partial charge in [0.2, 0.25) is 6.79 Å². The summed E-state index contributed by atoms with van der Waals surface area (Å²) in [6.45, 7) is 0.197. The van der Waals surface area contributed by atoms with Crippen molar-refractivity contribution in [3.8, 4) is 22.8 Å². The Bertz CT molecular complexity index is 1120. The number of fused-ring (bicyclic) bond motifs is 1. The smallest absolute Gasteiger partial charge is 0.287 e. The lowest BCUT2D eigenvalue weighted by atomic mass is 10.1. The lowest BCUT2D eigenvalue weighted by molar-refractivity contribution is -0.384.